The molecule has 1 heterocycles. The van der Waals surface area contributed by atoms with E-state index < -0.39 is 28.6 Å². The van der Waals surface area contributed by atoms with E-state index in [4.69, 9.17) is 0 Å². The van der Waals surface area contributed by atoms with Gasteiger partial charge in [0.1, 0.15) is 11.8 Å². The van der Waals surface area contributed by atoms with Crippen LogP contribution in [0.3, 0.4) is 0 Å². The minimum atomic E-state index is -3.08. The van der Waals surface area contributed by atoms with E-state index in [-0.39, 0.29) is 15.9 Å². The smallest absolute Gasteiger partial charge is 0.358 e. The fourth-order valence-electron chi connectivity index (χ4n) is 1.19. The van der Waals surface area contributed by atoms with E-state index >= 15 is 0 Å². The maximum Gasteiger partial charge on any atom is 0.358 e. The van der Waals surface area contributed by atoms with Gasteiger partial charge in [-0.15, -0.1) is 0 Å². The van der Waals surface area contributed by atoms with Crippen molar-refractivity contribution in [3.05, 3.63) is 31.1 Å². The van der Waals surface area contributed by atoms with E-state index in [0.717, 1.165) is 0 Å². The summed E-state index contributed by atoms with van der Waals surface area (Å²) in [6, 6.07) is 0. The first-order valence-corrected chi connectivity index (χ1v) is 5.76. The van der Waals surface area contributed by atoms with Gasteiger partial charge in [-0.05, 0) is 29.5 Å². The maximum atomic E-state index is 12.8. The molecule has 9 heteroatoms. The zero-order valence-electron chi connectivity index (χ0n) is 9.02. The largest absolute Gasteiger partial charge is 0.461 e. The van der Waals surface area contributed by atoms with Crippen molar-refractivity contribution < 1.29 is 23.2 Å². The van der Waals surface area contributed by atoms with Crippen molar-refractivity contribution in [1.29, 1.82) is 0 Å². The normalized spacial score (nSPS) is 10.5. The molecule has 1 aromatic rings. The zero-order chi connectivity index (χ0) is 13.9. The minimum absolute atomic E-state index is 0.0532. The number of carbonyl (C=O) groups excluding carboxylic acids is 1. The summed E-state index contributed by atoms with van der Waals surface area (Å²) in [5, 5.41) is 10.6. The zero-order valence-corrected chi connectivity index (χ0v) is 11.2. The average molecular weight is 372 g/mol. The van der Waals surface area contributed by atoms with Crippen molar-refractivity contribution in [2.24, 2.45) is 0 Å². The highest BCUT2D eigenvalue weighted by molar-refractivity contribution is 14.1. The predicted octanol–water partition coefficient (Wildman–Crippen LogP) is 2.71. The van der Waals surface area contributed by atoms with Crippen LogP contribution in [0.4, 0.5) is 14.5 Å². The molecule has 0 unspecified atom stereocenters. The SMILES string of the molecule is CCOC(=O)c1ncc([N+](=O)[O-])c(C(F)F)c1I. The number of aromatic nitrogens is 1. The molecule has 0 aliphatic rings. The number of ether oxygens (including phenoxy) is 1. The monoisotopic (exact) mass is 372 g/mol. The highest BCUT2D eigenvalue weighted by Gasteiger charge is 2.30. The van der Waals surface area contributed by atoms with Gasteiger partial charge in [0, 0.05) is 0 Å². The molecule has 0 saturated heterocycles. The van der Waals surface area contributed by atoms with Gasteiger partial charge in [0.2, 0.25) is 0 Å². The molecule has 1 aromatic heterocycles. The van der Waals surface area contributed by atoms with E-state index in [0.29, 0.717) is 6.20 Å². The van der Waals surface area contributed by atoms with Gasteiger partial charge in [-0.25, -0.2) is 18.6 Å². The summed E-state index contributed by atoms with van der Waals surface area (Å²) in [4.78, 5) is 24.6. The average Bonchev–Trinajstić information content (AvgIpc) is 2.27. The number of carbonyl (C=O) groups is 1. The van der Waals surface area contributed by atoms with Crippen molar-refractivity contribution in [2.45, 2.75) is 13.3 Å². The summed E-state index contributed by atoms with van der Waals surface area (Å²) in [5.74, 6) is -0.890. The standard InChI is InChI=1S/C9H7F2IN2O4/c1-2-18-9(15)7-6(12)5(8(10)11)4(3-13-7)14(16)17/h3,8H,2H2,1H3. The highest BCUT2D eigenvalue weighted by atomic mass is 127. The third-order valence-electron chi connectivity index (χ3n) is 1.92. The Hall–Kier alpha value is -1.39. The van der Waals surface area contributed by atoms with Gasteiger partial charge in [-0.1, -0.05) is 0 Å². The number of nitro groups is 1. The fraction of sp³-hybridized carbons (Fsp3) is 0.333. The van der Waals surface area contributed by atoms with Gasteiger partial charge in [-0.2, -0.15) is 0 Å². The summed E-state index contributed by atoms with van der Waals surface area (Å²) < 4.78 is 29.9. The second kappa shape index (κ2) is 5.98. The second-order valence-corrected chi connectivity index (χ2v) is 4.08. The number of hydrogen-bond acceptors (Lipinski definition) is 5. The van der Waals surface area contributed by atoms with Gasteiger partial charge in [0.25, 0.3) is 12.1 Å². The molecule has 0 aliphatic carbocycles. The third kappa shape index (κ3) is 2.89. The lowest BCUT2D eigenvalue weighted by Crippen LogP contribution is -2.12. The molecule has 98 valence electrons. The first kappa shape index (κ1) is 14.7. The summed E-state index contributed by atoms with van der Waals surface area (Å²) in [5.41, 5.74) is -1.99. The number of alkyl halides is 2. The van der Waals surface area contributed by atoms with Gasteiger partial charge in [-0.3, -0.25) is 10.1 Å². The van der Waals surface area contributed by atoms with Crippen LogP contribution in [0.25, 0.3) is 0 Å². The van der Waals surface area contributed by atoms with Crippen molar-refractivity contribution in [3.63, 3.8) is 0 Å². The molecule has 0 fully saturated rings. The van der Waals surface area contributed by atoms with E-state index in [2.05, 4.69) is 9.72 Å². The minimum Gasteiger partial charge on any atom is -0.461 e. The summed E-state index contributed by atoms with van der Waals surface area (Å²) >= 11 is 1.42. The Kier molecular flexibility index (Phi) is 4.87. The number of rotatable bonds is 4. The summed E-state index contributed by atoms with van der Waals surface area (Å²) in [6.45, 7) is 1.60. The van der Waals surface area contributed by atoms with Crippen LogP contribution in [0.2, 0.25) is 0 Å². The molecule has 6 nitrogen and oxygen atoms in total. The molecule has 0 spiro atoms. The Morgan fingerprint density at radius 3 is 2.72 bits per heavy atom. The highest BCUT2D eigenvalue weighted by Crippen LogP contribution is 2.33. The molecule has 0 aromatic carbocycles. The van der Waals surface area contributed by atoms with Gasteiger partial charge in [0.15, 0.2) is 5.69 Å². The predicted molar refractivity (Wildman–Crippen MR) is 64.5 cm³/mol. The molecule has 0 radical (unpaired) electrons. The van der Waals surface area contributed by atoms with Crippen LogP contribution in [0, 0.1) is 13.7 Å². The van der Waals surface area contributed by atoms with Crippen molar-refractivity contribution in [2.75, 3.05) is 6.61 Å². The molecular formula is C9H7F2IN2O4. The number of esters is 1. The molecule has 18 heavy (non-hydrogen) atoms. The van der Waals surface area contributed by atoms with Crippen LogP contribution >= 0.6 is 22.6 Å². The molecule has 0 amide bonds. The molecular weight excluding hydrogens is 365 g/mol. The van der Waals surface area contributed by atoms with E-state index in [1.54, 1.807) is 6.92 Å². The summed E-state index contributed by atoms with van der Waals surface area (Å²) in [7, 11) is 0. The van der Waals surface area contributed by atoms with Crippen LogP contribution in [-0.2, 0) is 4.74 Å². The summed E-state index contributed by atoms with van der Waals surface area (Å²) in [6.07, 6.45) is -2.44. The van der Waals surface area contributed by atoms with Gasteiger partial charge >= 0.3 is 5.97 Å². The Morgan fingerprint density at radius 2 is 2.28 bits per heavy atom. The lowest BCUT2D eigenvalue weighted by Gasteiger charge is -2.08. The van der Waals surface area contributed by atoms with E-state index in [1.807, 2.05) is 0 Å². The molecule has 0 bridgehead atoms. The number of nitrogens with zero attached hydrogens (tertiary/aromatic N) is 2. The number of halogens is 3. The molecule has 0 N–H and O–H groups in total. The Morgan fingerprint density at radius 1 is 1.67 bits per heavy atom. The topological polar surface area (TPSA) is 82.3 Å². The lowest BCUT2D eigenvalue weighted by molar-refractivity contribution is -0.386. The van der Waals surface area contributed by atoms with Gasteiger partial charge in [0.05, 0.1) is 15.1 Å². The molecule has 1 rings (SSSR count). The second-order valence-electron chi connectivity index (χ2n) is 3.00. The first-order valence-electron chi connectivity index (χ1n) is 4.68. The quantitative estimate of drug-likeness (QED) is 0.351. The van der Waals surface area contributed by atoms with Crippen LogP contribution in [0.5, 0.6) is 0 Å². The van der Waals surface area contributed by atoms with Gasteiger partial charge < -0.3 is 4.74 Å². The van der Waals surface area contributed by atoms with Crippen molar-refractivity contribution in [1.82, 2.24) is 4.98 Å². The maximum absolute atomic E-state index is 12.8. The van der Waals surface area contributed by atoms with Crippen LogP contribution in [0.15, 0.2) is 6.20 Å². The Balaban J connectivity index is 3.39. The van der Waals surface area contributed by atoms with Crippen LogP contribution in [0.1, 0.15) is 29.4 Å². The van der Waals surface area contributed by atoms with E-state index in [9.17, 15) is 23.7 Å². The molecule has 0 atom stereocenters. The molecule has 0 saturated carbocycles. The van der Waals surface area contributed by atoms with E-state index in [1.165, 1.54) is 22.6 Å². The van der Waals surface area contributed by atoms with Crippen molar-refractivity contribution >= 4 is 34.2 Å². The lowest BCUT2D eigenvalue weighted by atomic mass is 10.2. The van der Waals surface area contributed by atoms with Crippen LogP contribution in [-0.4, -0.2) is 22.5 Å². The van der Waals surface area contributed by atoms with Crippen molar-refractivity contribution in [3.8, 4) is 0 Å². The number of hydrogen-bond donors (Lipinski definition) is 0. The molecule has 0 aliphatic heterocycles. The number of pyridine rings is 1. The third-order valence-corrected chi connectivity index (χ3v) is 3.01. The Bertz CT molecular complexity index is 496. The fourth-order valence-corrected chi connectivity index (χ4v) is 2.06. The Labute approximate surface area is 114 Å². The first-order chi connectivity index (χ1) is 8.40. The van der Waals surface area contributed by atoms with Crippen LogP contribution < -0.4 is 0 Å².